The van der Waals surface area contributed by atoms with Gasteiger partial charge in [-0.2, -0.15) is 0 Å². The molecule has 0 spiro atoms. The second kappa shape index (κ2) is 4.00. The van der Waals surface area contributed by atoms with Gasteiger partial charge in [0.25, 0.3) is 0 Å². The van der Waals surface area contributed by atoms with Gasteiger partial charge in [-0.3, -0.25) is 0 Å². The van der Waals surface area contributed by atoms with Crippen molar-refractivity contribution in [1.29, 1.82) is 0 Å². The fraction of sp³-hybridized carbons (Fsp3) is 0.0833. The van der Waals surface area contributed by atoms with Crippen molar-refractivity contribution >= 4 is 5.69 Å². The minimum atomic E-state index is 0.514. The van der Waals surface area contributed by atoms with E-state index in [1.165, 1.54) is 0 Å². The Hall–Kier alpha value is -2.03. The van der Waals surface area contributed by atoms with E-state index in [1.54, 1.807) is 18.3 Å². The van der Waals surface area contributed by atoms with Crippen LogP contribution in [0.3, 0.4) is 0 Å². The van der Waals surface area contributed by atoms with E-state index in [0.717, 1.165) is 11.3 Å². The Kier molecular flexibility index (Phi) is 2.54. The van der Waals surface area contributed by atoms with Gasteiger partial charge in [0.05, 0.1) is 0 Å². The molecule has 0 saturated heterocycles. The van der Waals surface area contributed by atoms with Crippen LogP contribution in [0.4, 0.5) is 5.69 Å². The molecule has 15 heavy (non-hydrogen) atoms. The first-order chi connectivity index (χ1) is 7.24. The first-order valence-corrected chi connectivity index (χ1v) is 4.70. The van der Waals surface area contributed by atoms with E-state index in [-0.39, 0.29) is 0 Å². The molecule has 0 amide bonds. The highest BCUT2D eigenvalue weighted by molar-refractivity contribution is 5.41. The molecule has 2 rings (SSSR count). The molecule has 0 bridgehead atoms. The number of ether oxygens (including phenoxy) is 1. The number of hydrogen-bond acceptors (Lipinski definition) is 3. The monoisotopic (exact) mass is 200 g/mol. The minimum absolute atomic E-state index is 0.514. The fourth-order valence-electron chi connectivity index (χ4n) is 1.28. The number of hydrogen-bond donors (Lipinski definition) is 1. The summed E-state index contributed by atoms with van der Waals surface area (Å²) in [5.74, 6) is 1.29. The van der Waals surface area contributed by atoms with Gasteiger partial charge in [0.1, 0.15) is 5.75 Å². The fourth-order valence-corrected chi connectivity index (χ4v) is 1.28. The lowest BCUT2D eigenvalue weighted by Gasteiger charge is -2.05. The maximum Gasteiger partial charge on any atom is 0.221 e. The first-order valence-electron chi connectivity index (χ1n) is 4.70. The van der Waals surface area contributed by atoms with E-state index in [4.69, 9.17) is 10.5 Å². The van der Waals surface area contributed by atoms with Gasteiger partial charge in [0.15, 0.2) is 0 Å². The van der Waals surface area contributed by atoms with Gasteiger partial charge in [-0.05, 0) is 30.7 Å². The van der Waals surface area contributed by atoms with Crippen LogP contribution in [0, 0.1) is 6.92 Å². The van der Waals surface area contributed by atoms with E-state index >= 15 is 0 Å². The van der Waals surface area contributed by atoms with Gasteiger partial charge in [-0.15, -0.1) is 0 Å². The summed E-state index contributed by atoms with van der Waals surface area (Å²) in [4.78, 5) is 4.06. The molecule has 0 unspecified atom stereocenters. The highest BCUT2D eigenvalue weighted by atomic mass is 16.5. The number of nitrogens with two attached hydrogens (primary N) is 1. The molecule has 1 heterocycles. The Labute approximate surface area is 88.5 Å². The highest BCUT2D eigenvalue weighted by Crippen LogP contribution is 2.21. The predicted molar refractivity (Wildman–Crippen MR) is 59.9 cm³/mol. The van der Waals surface area contributed by atoms with Gasteiger partial charge < -0.3 is 10.5 Å². The summed E-state index contributed by atoms with van der Waals surface area (Å²) in [6, 6.07) is 11.2. The van der Waals surface area contributed by atoms with E-state index in [1.807, 2.05) is 31.2 Å². The number of nitrogens with zero attached hydrogens (tertiary/aromatic N) is 1. The standard InChI is InChI=1S/C12H12N2O/c1-9-3-2-4-11(7-9)15-12-8-10(13)5-6-14-12/h2-8H,1H3,(H2,13,14). The van der Waals surface area contributed by atoms with Crippen LogP contribution in [0.2, 0.25) is 0 Å². The van der Waals surface area contributed by atoms with Gasteiger partial charge >= 0.3 is 0 Å². The van der Waals surface area contributed by atoms with Gasteiger partial charge in [0.2, 0.25) is 5.88 Å². The third kappa shape index (κ3) is 2.47. The average Bonchev–Trinajstić information content (AvgIpc) is 2.17. The molecule has 0 radical (unpaired) electrons. The number of aromatic nitrogens is 1. The molecule has 3 nitrogen and oxygen atoms in total. The highest BCUT2D eigenvalue weighted by Gasteiger charge is 1.98. The zero-order chi connectivity index (χ0) is 10.7. The van der Waals surface area contributed by atoms with Crippen molar-refractivity contribution in [3.63, 3.8) is 0 Å². The van der Waals surface area contributed by atoms with Crippen LogP contribution < -0.4 is 10.5 Å². The van der Waals surface area contributed by atoms with Crippen molar-refractivity contribution in [2.24, 2.45) is 0 Å². The summed E-state index contributed by atoms with van der Waals surface area (Å²) < 4.78 is 5.55. The Bertz CT molecular complexity index is 425. The van der Waals surface area contributed by atoms with E-state index in [2.05, 4.69) is 4.98 Å². The maximum absolute atomic E-state index is 5.62. The molecular weight excluding hydrogens is 188 g/mol. The number of benzene rings is 1. The quantitative estimate of drug-likeness (QED) is 0.810. The average molecular weight is 200 g/mol. The zero-order valence-corrected chi connectivity index (χ0v) is 8.47. The van der Waals surface area contributed by atoms with E-state index < -0.39 is 0 Å². The number of anilines is 1. The Balaban J connectivity index is 2.22. The molecule has 1 aromatic carbocycles. The van der Waals surface area contributed by atoms with Crippen molar-refractivity contribution in [1.82, 2.24) is 4.98 Å². The molecular formula is C12H12N2O. The van der Waals surface area contributed by atoms with Gasteiger partial charge in [0, 0.05) is 18.0 Å². The topological polar surface area (TPSA) is 48.1 Å². The minimum Gasteiger partial charge on any atom is -0.439 e. The van der Waals surface area contributed by atoms with Crippen LogP contribution in [0.15, 0.2) is 42.6 Å². The number of aryl methyl sites for hydroxylation is 1. The lowest BCUT2D eigenvalue weighted by Crippen LogP contribution is -1.90. The zero-order valence-electron chi connectivity index (χ0n) is 8.47. The van der Waals surface area contributed by atoms with Crippen molar-refractivity contribution in [3.05, 3.63) is 48.2 Å². The smallest absolute Gasteiger partial charge is 0.221 e. The van der Waals surface area contributed by atoms with E-state index in [9.17, 15) is 0 Å². The molecule has 0 fully saturated rings. The van der Waals surface area contributed by atoms with Crippen LogP contribution in [0.1, 0.15) is 5.56 Å². The third-order valence-corrected chi connectivity index (χ3v) is 1.97. The summed E-state index contributed by atoms with van der Waals surface area (Å²) >= 11 is 0. The van der Waals surface area contributed by atoms with Crippen LogP contribution >= 0.6 is 0 Å². The van der Waals surface area contributed by atoms with Crippen molar-refractivity contribution in [2.75, 3.05) is 5.73 Å². The first kappa shape index (κ1) is 9.52. The largest absolute Gasteiger partial charge is 0.439 e. The summed E-state index contributed by atoms with van der Waals surface area (Å²) in [5, 5.41) is 0. The third-order valence-electron chi connectivity index (χ3n) is 1.97. The van der Waals surface area contributed by atoms with Crippen LogP contribution in [-0.2, 0) is 0 Å². The Morgan fingerprint density at radius 3 is 2.80 bits per heavy atom. The van der Waals surface area contributed by atoms with Crippen LogP contribution in [0.25, 0.3) is 0 Å². The van der Waals surface area contributed by atoms with Crippen LogP contribution in [-0.4, -0.2) is 4.98 Å². The SMILES string of the molecule is Cc1cccc(Oc2cc(N)ccn2)c1. The lowest BCUT2D eigenvalue weighted by atomic mass is 10.2. The second-order valence-electron chi connectivity index (χ2n) is 3.35. The van der Waals surface area contributed by atoms with E-state index in [0.29, 0.717) is 11.6 Å². The molecule has 3 heteroatoms. The normalized spacial score (nSPS) is 9.93. The number of nitrogen functional groups attached to an aromatic ring is 1. The molecule has 2 aromatic rings. The predicted octanol–water partition coefficient (Wildman–Crippen LogP) is 2.76. The summed E-state index contributed by atoms with van der Waals surface area (Å²) in [6.45, 7) is 2.01. The molecule has 0 saturated carbocycles. The molecule has 76 valence electrons. The van der Waals surface area contributed by atoms with Crippen molar-refractivity contribution in [3.8, 4) is 11.6 Å². The molecule has 0 aliphatic heterocycles. The lowest BCUT2D eigenvalue weighted by molar-refractivity contribution is 0.463. The Morgan fingerprint density at radius 2 is 2.07 bits per heavy atom. The molecule has 0 atom stereocenters. The van der Waals surface area contributed by atoms with Crippen LogP contribution in [0.5, 0.6) is 11.6 Å². The second-order valence-corrected chi connectivity index (χ2v) is 3.35. The summed E-state index contributed by atoms with van der Waals surface area (Å²) in [7, 11) is 0. The van der Waals surface area contributed by atoms with Gasteiger partial charge in [-0.25, -0.2) is 4.98 Å². The van der Waals surface area contributed by atoms with Crippen molar-refractivity contribution in [2.45, 2.75) is 6.92 Å². The summed E-state index contributed by atoms with van der Waals surface area (Å²) in [6.07, 6.45) is 1.63. The molecule has 0 aliphatic rings. The molecule has 2 N–H and O–H groups in total. The summed E-state index contributed by atoms with van der Waals surface area (Å²) in [5.41, 5.74) is 7.42. The maximum atomic E-state index is 5.62. The van der Waals surface area contributed by atoms with Crippen molar-refractivity contribution < 1.29 is 4.74 Å². The van der Waals surface area contributed by atoms with Gasteiger partial charge in [-0.1, -0.05) is 12.1 Å². The number of pyridine rings is 1. The number of rotatable bonds is 2. The molecule has 1 aromatic heterocycles. The molecule has 0 aliphatic carbocycles. The Morgan fingerprint density at radius 1 is 1.20 bits per heavy atom.